The Morgan fingerprint density at radius 1 is 1.13 bits per heavy atom. The van der Waals surface area contributed by atoms with E-state index in [0.717, 1.165) is 16.9 Å². The zero-order chi connectivity index (χ0) is 21.9. The molecule has 9 heteroatoms. The molecular formula is C21H19F3N2O4. The standard InChI is InChI=1S/C21H19F3N2O4/c1-2-25-19(28)17-18(27)15-5-3-4-6-16(15)26(20(17)29)30-12-11-13-7-9-14(10-8-13)21(22,23)24/h3-10,27H,2,11-12H2,1H3,(H,25,28). The van der Waals surface area contributed by atoms with Crippen LogP contribution < -0.4 is 15.7 Å². The second-order valence-corrected chi connectivity index (χ2v) is 6.48. The number of fused-ring (bicyclic) bond motifs is 1. The first-order valence-electron chi connectivity index (χ1n) is 9.18. The van der Waals surface area contributed by atoms with E-state index in [1.165, 1.54) is 12.1 Å². The highest BCUT2D eigenvalue weighted by Gasteiger charge is 2.30. The van der Waals surface area contributed by atoms with Crippen molar-refractivity contribution in [3.63, 3.8) is 0 Å². The van der Waals surface area contributed by atoms with Gasteiger partial charge in [0.2, 0.25) is 0 Å². The number of amides is 1. The Hall–Kier alpha value is -3.49. The Morgan fingerprint density at radius 2 is 1.80 bits per heavy atom. The van der Waals surface area contributed by atoms with E-state index in [4.69, 9.17) is 4.84 Å². The molecule has 0 saturated carbocycles. The van der Waals surface area contributed by atoms with Gasteiger partial charge in [-0.2, -0.15) is 13.2 Å². The van der Waals surface area contributed by atoms with Gasteiger partial charge in [-0.05, 0) is 36.8 Å². The van der Waals surface area contributed by atoms with E-state index in [-0.39, 0.29) is 30.5 Å². The van der Waals surface area contributed by atoms with Crippen LogP contribution in [0.25, 0.3) is 10.9 Å². The minimum Gasteiger partial charge on any atom is -0.506 e. The van der Waals surface area contributed by atoms with Crippen molar-refractivity contribution in [2.45, 2.75) is 19.5 Å². The fraction of sp³-hybridized carbons (Fsp3) is 0.238. The lowest BCUT2D eigenvalue weighted by molar-refractivity contribution is -0.137. The molecule has 1 amide bonds. The summed E-state index contributed by atoms with van der Waals surface area (Å²) in [5.74, 6) is -1.17. The fourth-order valence-corrected chi connectivity index (χ4v) is 2.99. The third kappa shape index (κ3) is 4.24. The van der Waals surface area contributed by atoms with Gasteiger partial charge in [0, 0.05) is 18.4 Å². The van der Waals surface area contributed by atoms with Crippen LogP contribution in [0.5, 0.6) is 5.75 Å². The summed E-state index contributed by atoms with van der Waals surface area (Å²) in [5, 5.41) is 13.2. The van der Waals surface area contributed by atoms with Crippen molar-refractivity contribution in [2.24, 2.45) is 0 Å². The van der Waals surface area contributed by atoms with E-state index in [2.05, 4.69) is 5.32 Å². The maximum Gasteiger partial charge on any atom is 0.416 e. The first kappa shape index (κ1) is 21.2. The highest BCUT2D eigenvalue weighted by Crippen LogP contribution is 2.29. The van der Waals surface area contributed by atoms with E-state index < -0.39 is 34.5 Å². The van der Waals surface area contributed by atoms with E-state index in [1.54, 1.807) is 31.2 Å². The number of nitrogens with zero attached hydrogens (tertiary/aromatic N) is 1. The second kappa shape index (κ2) is 8.48. The second-order valence-electron chi connectivity index (χ2n) is 6.48. The number of hydrogen-bond acceptors (Lipinski definition) is 4. The van der Waals surface area contributed by atoms with Crippen molar-refractivity contribution in [1.82, 2.24) is 10.0 Å². The van der Waals surface area contributed by atoms with E-state index in [1.807, 2.05) is 0 Å². The van der Waals surface area contributed by atoms with Crippen molar-refractivity contribution in [3.8, 4) is 5.75 Å². The van der Waals surface area contributed by atoms with Gasteiger partial charge >= 0.3 is 6.18 Å². The molecule has 158 valence electrons. The maximum atomic E-state index is 12.8. The van der Waals surface area contributed by atoms with Crippen molar-refractivity contribution in [3.05, 3.63) is 75.6 Å². The van der Waals surface area contributed by atoms with Crippen LogP contribution in [0.2, 0.25) is 0 Å². The summed E-state index contributed by atoms with van der Waals surface area (Å²) in [7, 11) is 0. The molecule has 0 saturated heterocycles. The number of carbonyl (C=O) groups is 1. The van der Waals surface area contributed by atoms with Gasteiger partial charge in [0.15, 0.2) is 0 Å². The molecule has 0 atom stereocenters. The molecule has 6 nitrogen and oxygen atoms in total. The van der Waals surface area contributed by atoms with Crippen LogP contribution in [0.4, 0.5) is 13.2 Å². The summed E-state index contributed by atoms with van der Waals surface area (Å²) >= 11 is 0. The highest BCUT2D eigenvalue weighted by atomic mass is 19.4. The van der Waals surface area contributed by atoms with Gasteiger partial charge in [0.05, 0.1) is 11.1 Å². The van der Waals surface area contributed by atoms with Gasteiger partial charge in [-0.3, -0.25) is 9.59 Å². The number of nitrogens with one attached hydrogen (secondary N) is 1. The lowest BCUT2D eigenvalue weighted by Crippen LogP contribution is -2.36. The van der Waals surface area contributed by atoms with Crippen LogP contribution >= 0.6 is 0 Å². The average Bonchev–Trinajstić information content (AvgIpc) is 2.70. The fourth-order valence-electron chi connectivity index (χ4n) is 2.99. The molecule has 1 aromatic heterocycles. The zero-order valence-electron chi connectivity index (χ0n) is 16.0. The quantitative estimate of drug-likeness (QED) is 0.642. The van der Waals surface area contributed by atoms with Gasteiger partial charge in [-0.25, -0.2) is 0 Å². The summed E-state index contributed by atoms with van der Waals surface area (Å²) in [6, 6.07) is 11.0. The SMILES string of the molecule is CCNC(=O)c1c(O)c2ccccc2n(OCCc2ccc(C(F)(F)F)cc2)c1=O. The first-order valence-corrected chi connectivity index (χ1v) is 9.18. The van der Waals surface area contributed by atoms with Crippen LogP contribution in [0.15, 0.2) is 53.3 Å². The number of alkyl halides is 3. The first-order chi connectivity index (χ1) is 14.2. The molecule has 0 aliphatic heterocycles. The molecule has 0 bridgehead atoms. The number of carbonyl (C=O) groups excluding carboxylic acids is 1. The Morgan fingerprint density at radius 3 is 2.43 bits per heavy atom. The molecule has 3 rings (SSSR count). The van der Waals surface area contributed by atoms with Crippen molar-refractivity contribution >= 4 is 16.8 Å². The minimum atomic E-state index is -4.41. The topological polar surface area (TPSA) is 80.6 Å². The lowest BCUT2D eigenvalue weighted by Gasteiger charge is -2.15. The van der Waals surface area contributed by atoms with Crippen LogP contribution in [0, 0.1) is 0 Å². The largest absolute Gasteiger partial charge is 0.506 e. The monoisotopic (exact) mass is 420 g/mol. The summed E-state index contributed by atoms with van der Waals surface area (Å²) in [6.07, 6.45) is -4.18. The van der Waals surface area contributed by atoms with Crippen LogP contribution in [-0.2, 0) is 12.6 Å². The Kier molecular flexibility index (Phi) is 6.00. The highest BCUT2D eigenvalue weighted by molar-refractivity contribution is 6.02. The molecule has 0 fully saturated rings. The van der Waals surface area contributed by atoms with Crippen molar-refractivity contribution in [1.29, 1.82) is 0 Å². The number of aromatic hydroxyl groups is 1. The lowest BCUT2D eigenvalue weighted by atomic mass is 10.1. The molecule has 0 unspecified atom stereocenters. The molecule has 0 radical (unpaired) electrons. The molecule has 0 spiro atoms. The Balaban J connectivity index is 1.88. The Labute approximate surface area is 169 Å². The number of para-hydroxylation sites is 1. The predicted molar refractivity (Wildman–Crippen MR) is 104 cm³/mol. The van der Waals surface area contributed by atoms with E-state index >= 15 is 0 Å². The normalized spacial score (nSPS) is 11.5. The van der Waals surface area contributed by atoms with Crippen molar-refractivity contribution < 1.29 is 27.9 Å². The van der Waals surface area contributed by atoms with Crippen LogP contribution in [0.1, 0.15) is 28.4 Å². The molecule has 30 heavy (non-hydrogen) atoms. The van der Waals surface area contributed by atoms with Gasteiger partial charge in [-0.1, -0.05) is 24.3 Å². The van der Waals surface area contributed by atoms with Gasteiger partial charge in [0.25, 0.3) is 11.5 Å². The summed E-state index contributed by atoms with van der Waals surface area (Å²) in [5.41, 5.74) is -1.17. The van der Waals surface area contributed by atoms with E-state index in [0.29, 0.717) is 5.56 Å². The van der Waals surface area contributed by atoms with Gasteiger partial charge < -0.3 is 15.3 Å². The number of hydrogen-bond donors (Lipinski definition) is 2. The number of benzene rings is 2. The maximum absolute atomic E-state index is 12.8. The van der Waals surface area contributed by atoms with Gasteiger partial charge in [0.1, 0.15) is 17.9 Å². The van der Waals surface area contributed by atoms with Crippen molar-refractivity contribution in [2.75, 3.05) is 13.2 Å². The van der Waals surface area contributed by atoms with E-state index in [9.17, 15) is 27.9 Å². The van der Waals surface area contributed by atoms with Crippen LogP contribution in [0.3, 0.4) is 0 Å². The zero-order valence-corrected chi connectivity index (χ0v) is 16.0. The molecule has 0 aliphatic rings. The summed E-state index contributed by atoms with van der Waals surface area (Å²) in [4.78, 5) is 30.6. The van der Waals surface area contributed by atoms with Gasteiger partial charge in [-0.15, -0.1) is 4.73 Å². The summed E-state index contributed by atoms with van der Waals surface area (Å²) in [6.45, 7) is 1.91. The third-order valence-corrected chi connectivity index (χ3v) is 4.47. The molecule has 2 aromatic carbocycles. The average molecular weight is 420 g/mol. The number of rotatable bonds is 6. The Bertz CT molecular complexity index is 1120. The number of pyridine rings is 1. The van der Waals surface area contributed by atoms with Crippen LogP contribution in [-0.4, -0.2) is 28.9 Å². The number of halogens is 3. The molecule has 3 aromatic rings. The minimum absolute atomic E-state index is 0.0329. The number of aromatic nitrogens is 1. The summed E-state index contributed by atoms with van der Waals surface area (Å²) < 4.78 is 38.9. The smallest absolute Gasteiger partial charge is 0.416 e. The molecule has 1 heterocycles. The molecular weight excluding hydrogens is 401 g/mol. The molecule has 2 N–H and O–H groups in total. The predicted octanol–water partition coefficient (Wildman–Crippen LogP) is 3.15. The molecule has 0 aliphatic carbocycles. The third-order valence-electron chi connectivity index (χ3n) is 4.47.